The van der Waals surface area contributed by atoms with Crippen molar-refractivity contribution in [3.8, 4) is 0 Å². The Morgan fingerprint density at radius 1 is 1.55 bits per heavy atom. The summed E-state index contributed by atoms with van der Waals surface area (Å²) in [6.45, 7) is 9.94. The van der Waals surface area contributed by atoms with Crippen LogP contribution in [0.25, 0.3) is 0 Å². The lowest BCUT2D eigenvalue weighted by molar-refractivity contribution is 0.951. The first-order valence-electron chi connectivity index (χ1n) is 6.63. The molecule has 1 rings (SSSR count). The van der Waals surface area contributed by atoms with Gasteiger partial charge >= 0.3 is 0 Å². The Bertz CT molecular complexity index is 565. The van der Waals surface area contributed by atoms with E-state index in [4.69, 9.17) is 0 Å². The van der Waals surface area contributed by atoms with E-state index >= 15 is 0 Å². The quantitative estimate of drug-likeness (QED) is 0.456. The predicted octanol–water partition coefficient (Wildman–Crippen LogP) is 3.17. The van der Waals surface area contributed by atoms with Crippen LogP contribution in [0.4, 0.5) is 5.95 Å². The highest BCUT2D eigenvalue weighted by Crippen LogP contribution is 2.07. The van der Waals surface area contributed by atoms with Gasteiger partial charge in [-0.2, -0.15) is 5.10 Å². The number of anilines is 1. The fourth-order valence-electron chi connectivity index (χ4n) is 1.58. The molecule has 0 spiro atoms. The van der Waals surface area contributed by atoms with E-state index in [9.17, 15) is 4.79 Å². The molecule has 0 amide bonds. The van der Waals surface area contributed by atoms with Crippen LogP contribution >= 0.6 is 0 Å². The number of nitrogens with zero attached hydrogens (tertiary/aromatic N) is 2. The van der Waals surface area contributed by atoms with Gasteiger partial charge in [-0.25, -0.2) is 10.4 Å². The van der Waals surface area contributed by atoms with Crippen molar-refractivity contribution >= 4 is 12.2 Å². The summed E-state index contributed by atoms with van der Waals surface area (Å²) in [5.74, 6) is 0.349. The molecule has 0 aliphatic carbocycles. The molecule has 0 aliphatic heterocycles. The number of allylic oxidation sites excluding steroid dienone is 3. The second kappa shape index (κ2) is 8.09. The van der Waals surface area contributed by atoms with Crippen LogP contribution in [0.1, 0.15) is 38.8 Å². The lowest BCUT2D eigenvalue weighted by Gasteiger charge is -2.01. The molecule has 108 valence electrons. The summed E-state index contributed by atoms with van der Waals surface area (Å²) in [6.07, 6.45) is 6.60. The first-order chi connectivity index (χ1) is 9.47. The van der Waals surface area contributed by atoms with Crippen LogP contribution in [-0.2, 0) is 0 Å². The average molecular weight is 274 g/mol. The topological polar surface area (TPSA) is 70.1 Å². The smallest absolute Gasteiger partial charge is 0.252 e. The molecule has 0 bridgehead atoms. The Morgan fingerprint density at radius 2 is 2.30 bits per heavy atom. The van der Waals surface area contributed by atoms with E-state index in [2.05, 4.69) is 47.0 Å². The summed E-state index contributed by atoms with van der Waals surface area (Å²) in [4.78, 5) is 17.9. The standard InChI is InChI=1S/C15H22N4O/c1-11(2)6-5-7-12(3)8-9-16-19-15-17-13(4)10-14(20)18-15/h6,9-10H,3,5,7-8H2,1-2,4H3,(H2,17,18,19,20). The highest BCUT2D eigenvalue weighted by molar-refractivity contribution is 5.61. The van der Waals surface area contributed by atoms with Crippen molar-refractivity contribution in [2.45, 2.75) is 40.0 Å². The number of hydrogen-bond donors (Lipinski definition) is 2. The number of aryl methyl sites for hydroxylation is 1. The van der Waals surface area contributed by atoms with Gasteiger partial charge in [0.05, 0.1) is 0 Å². The Balaban J connectivity index is 2.36. The van der Waals surface area contributed by atoms with Gasteiger partial charge in [0.15, 0.2) is 0 Å². The van der Waals surface area contributed by atoms with Crippen LogP contribution in [-0.4, -0.2) is 16.2 Å². The zero-order valence-electron chi connectivity index (χ0n) is 12.4. The third-order valence-corrected chi connectivity index (χ3v) is 2.56. The minimum Gasteiger partial charge on any atom is -0.291 e. The van der Waals surface area contributed by atoms with E-state index in [-0.39, 0.29) is 5.56 Å². The summed E-state index contributed by atoms with van der Waals surface area (Å²) in [5, 5.41) is 4.02. The van der Waals surface area contributed by atoms with Crippen molar-refractivity contribution in [2.75, 3.05) is 5.43 Å². The second-order valence-corrected chi connectivity index (χ2v) is 4.93. The van der Waals surface area contributed by atoms with Crippen LogP contribution in [0.5, 0.6) is 0 Å². The zero-order chi connectivity index (χ0) is 15.0. The Kier molecular flexibility index (Phi) is 6.43. The van der Waals surface area contributed by atoms with Crippen LogP contribution < -0.4 is 11.0 Å². The second-order valence-electron chi connectivity index (χ2n) is 4.93. The molecule has 0 aliphatic rings. The maximum atomic E-state index is 11.2. The highest BCUT2D eigenvalue weighted by atomic mass is 16.1. The van der Waals surface area contributed by atoms with E-state index in [0.29, 0.717) is 18.1 Å². The molecule has 0 fully saturated rings. The Hall–Kier alpha value is -2.17. The zero-order valence-corrected chi connectivity index (χ0v) is 12.4. The number of aromatic amines is 1. The van der Waals surface area contributed by atoms with E-state index in [1.54, 1.807) is 13.1 Å². The largest absolute Gasteiger partial charge is 0.291 e. The number of aromatic nitrogens is 2. The molecule has 20 heavy (non-hydrogen) atoms. The van der Waals surface area contributed by atoms with Crippen LogP contribution in [0.3, 0.4) is 0 Å². The average Bonchev–Trinajstić information content (AvgIpc) is 2.33. The first-order valence-corrected chi connectivity index (χ1v) is 6.63. The van der Waals surface area contributed by atoms with Crippen LogP contribution in [0.2, 0.25) is 0 Å². The molecule has 1 heterocycles. The molecule has 5 heteroatoms. The monoisotopic (exact) mass is 274 g/mol. The van der Waals surface area contributed by atoms with Crippen molar-refractivity contribution < 1.29 is 0 Å². The van der Waals surface area contributed by atoms with Crippen molar-refractivity contribution in [1.29, 1.82) is 0 Å². The minimum absolute atomic E-state index is 0.193. The summed E-state index contributed by atoms with van der Waals surface area (Å²) in [5.41, 5.74) is 5.61. The molecule has 0 radical (unpaired) electrons. The van der Waals surface area contributed by atoms with Crippen molar-refractivity contribution in [3.05, 3.63) is 45.9 Å². The highest BCUT2D eigenvalue weighted by Gasteiger charge is 1.95. The van der Waals surface area contributed by atoms with E-state index in [1.165, 1.54) is 11.6 Å². The van der Waals surface area contributed by atoms with Gasteiger partial charge in [-0.15, -0.1) is 0 Å². The van der Waals surface area contributed by atoms with Gasteiger partial charge in [-0.05, 0) is 33.6 Å². The van der Waals surface area contributed by atoms with Gasteiger partial charge < -0.3 is 0 Å². The summed E-state index contributed by atoms with van der Waals surface area (Å²) in [7, 11) is 0. The fraction of sp³-hybridized carbons (Fsp3) is 0.400. The maximum absolute atomic E-state index is 11.2. The molecule has 0 atom stereocenters. The molecular weight excluding hydrogens is 252 g/mol. The van der Waals surface area contributed by atoms with Gasteiger partial charge in [-0.1, -0.05) is 23.8 Å². The van der Waals surface area contributed by atoms with Gasteiger partial charge in [0, 0.05) is 24.4 Å². The molecule has 2 N–H and O–H groups in total. The summed E-state index contributed by atoms with van der Waals surface area (Å²) in [6, 6.07) is 1.43. The Morgan fingerprint density at radius 3 is 2.95 bits per heavy atom. The number of rotatable bonds is 7. The molecule has 0 aromatic carbocycles. The summed E-state index contributed by atoms with van der Waals surface area (Å²) < 4.78 is 0. The first kappa shape index (κ1) is 15.9. The molecule has 0 unspecified atom stereocenters. The van der Waals surface area contributed by atoms with Crippen LogP contribution in [0.15, 0.2) is 39.8 Å². The number of hydrogen-bond acceptors (Lipinski definition) is 4. The van der Waals surface area contributed by atoms with E-state index in [1.807, 2.05) is 0 Å². The molecule has 0 saturated carbocycles. The molecular formula is C15H22N4O. The minimum atomic E-state index is -0.193. The molecule has 5 nitrogen and oxygen atoms in total. The number of hydrazone groups is 1. The lowest BCUT2D eigenvalue weighted by Crippen LogP contribution is -2.10. The van der Waals surface area contributed by atoms with Crippen molar-refractivity contribution in [3.63, 3.8) is 0 Å². The number of H-pyrrole nitrogens is 1. The molecule has 1 aromatic heterocycles. The molecule has 0 saturated heterocycles. The SMILES string of the molecule is C=C(CC=NNc1nc(C)cc(=O)[nH]1)CCC=C(C)C. The summed E-state index contributed by atoms with van der Waals surface area (Å²) >= 11 is 0. The normalized spacial score (nSPS) is 10.6. The van der Waals surface area contributed by atoms with E-state index < -0.39 is 0 Å². The maximum Gasteiger partial charge on any atom is 0.252 e. The predicted molar refractivity (Wildman–Crippen MR) is 84.1 cm³/mol. The molecule has 1 aromatic rings. The van der Waals surface area contributed by atoms with Crippen molar-refractivity contribution in [2.24, 2.45) is 5.10 Å². The van der Waals surface area contributed by atoms with Gasteiger partial charge in [0.1, 0.15) is 0 Å². The van der Waals surface area contributed by atoms with Gasteiger partial charge in [0.2, 0.25) is 5.95 Å². The van der Waals surface area contributed by atoms with Crippen molar-refractivity contribution in [1.82, 2.24) is 9.97 Å². The Labute approximate surface area is 119 Å². The van der Waals surface area contributed by atoms with Crippen LogP contribution in [0, 0.1) is 6.92 Å². The third kappa shape index (κ3) is 6.68. The fourth-order valence-corrected chi connectivity index (χ4v) is 1.58. The lowest BCUT2D eigenvalue weighted by atomic mass is 10.1. The van der Waals surface area contributed by atoms with E-state index in [0.717, 1.165) is 18.4 Å². The third-order valence-electron chi connectivity index (χ3n) is 2.56. The van der Waals surface area contributed by atoms with Gasteiger partial charge in [0.25, 0.3) is 5.56 Å². The van der Waals surface area contributed by atoms with Gasteiger partial charge in [-0.3, -0.25) is 9.78 Å². The number of nitrogens with one attached hydrogen (secondary N) is 2.